The lowest BCUT2D eigenvalue weighted by atomic mass is 10.0. The van der Waals surface area contributed by atoms with Gasteiger partial charge in [0.1, 0.15) is 0 Å². The van der Waals surface area contributed by atoms with E-state index in [9.17, 15) is 9.59 Å². The summed E-state index contributed by atoms with van der Waals surface area (Å²) in [7, 11) is 0. The van der Waals surface area contributed by atoms with E-state index in [4.69, 9.17) is 9.26 Å². The Morgan fingerprint density at radius 2 is 1.46 bits per heavy atom. The summed E-state index contributed by atoms with van der Waals surface area (Å²) in [6.07, 6.45) is 8.10. The Kier molecular flexibility index (Phi) is 11.2. The van der Waals surface area contributed by atoms with E-state index in [0.717, 1.165) is 46.5 Å². The van der Waals surface area contributed by atoms with Crippen molar-refractivity contribution in [2.24, 2.45) is 0 Å². The number of aryl methyl sites for hydroxylation is 1. The van der Waals surface area contributed by atoms with Crippen molar-refractivity contribution in [3.8, 4) is 22.6 Å². The van der Waals surface area contributed by atoms with Crippen LogP contribution in [0.25, 0.3) is 22.6 Å². The maximum Gasteiger partial charge on any atom is 0.397 e. The minimum atomic E-state index is -0.855. The summed E-state index contributed by atoms with van der Waals surface area (Å²) in [4.78, 5) is 31.5. The first kappa shape index (κ1) is 29.7. The Morgan fingerprint density at radius 3 is 2.22 bits per heavy atom. The van der Waals surface area contributed by atoms with Gasteiger partial charge in [-0.15, -0.1) is 0 Å². The first-order valence-electron chi connectivity index (χ1n) is 14.6. The molecule has 0 saturated heterocycles. The summed E-state index contributed by atoms with van der Waals surface area (Å²) in [6, 6.07) is 25.7. The SMILES string of the molecule is CCCCCCCCc1noc(-c2ccc(CN(Cc3cccc(-c4ccccc4)c3)C(=O)C(=O)OCC)cc2)n1. The quantitative estimate of drug-likeness (QED) is 0.0919. The number of nitrogens with zero attached hydrogens (tertiary/aromatic N) is 3. The summed E-state index contributed by atoms with van der Waals surface area (Å²) < 4.78 is 10.5. The Bertz CT molecular complexity index is 1380. The molecule has 0 N–H and O–H groups in total. The minimum absolute atomic E-state index is 0.141. The molecule has 1 aromatic heterocycles. The predicted molar refractivity (Wildman–Crippen MR) is 160 cm³/mol. The molecule has 0 atom stereocenters. The molecule has 4 aromatic rings. The molecular formula is C34H39N3O4. The second-order valence-corrected chi connectivity index (χ2v) is 10.2. The van der Waals surface area contributed by atoms with E-state index in [0.29, 0.717) is 5.89 Å². The van der Waals surface area contributed by atoms with Gasteiger partial charge in [0.2, 0.25) is 0 Å². The molecule has 1 heterocycles. The van der Waals surface area contributed by atoms with Crippen molar-refractivity contribution in [2.45, 2.75) is 71.9 Å². The Hall–Kier alpha value is -4.26. The smallest absolute Gasteiger partial charge is 0.397 e. The van der Waals surface area contributed by atoms with Gasteiger partial charge < -0.3 is 14.2 Å². The van der Waals surface area contributed by atoms with Crippen LogP contribution in [0.1, 0.15) is 69.3 Å². The number of aromatic nitrogens is 2. The maximum absolute atomic E-state index is 13.1. The van der Waals surface area contributed by atoms with Gasteiger partial charge in [-0.05, 0) is 53.8 Å². The molecule has 0 spiro atoms. The molecule has 0 saturated carbocycles. The summed E-state index contributed by atoms with van der Waals surface area (Å²) in [5.41, 5.74) is 4.74. The molecule has 0 radical (unpaired) electrons. The van der Waals surface area contributed by atoms with Gasteiger partial charge in [-0.1, -0.05) is 105 Å². The van der Waals surface area contributed by atoms with Gasteiger partial charge in [0.05, 0.1) is 6.61 Å². The number of amides is 1. The number of benzene rings is 3. The van der Waals surface area contributed by atoms with Crippen LogP contribution in [0.5, 0.6) is 0 Å². The maximum atomic E-state index is 13.1. The molecule has 0 unspecified atom stereocenters. The van der Waals surface area contributed by atoms with E-state index in [1.165, 1.54) is 37.0 Å². The van der Waals surface area contributed by atoms with Gasteiger partial charge >= 0.3 is 11.9 Å². The highest BCUT2D eigenvalue weighted by atomic mass is 16.5. The highest BCUT2D eigenvalue weighted by Crippen LogP contribution is 2.23. The first-order chi connectivity index (χ1) is 20.1. The van der Waals surface area contributed by atoms with Crippen LogP contribution < -0.4 is 0 Å². The lowest BCUT2D eigenvalue weighted by Crippen LogP contribution is -2.36. The molecule has 0 bridgehead atoms. The zero-order valence-corrected chi connectivity index (χ0v) is 24.1. The number of carbonyl (C=O) groups is 2. The van der Waals surface area contributed by atoms with E-state index in [2.05, 4.69) is 17.1 Å². The van der Waals surface area contributed by atoms with Crippen molar-refractivity contribution in [1.29, 1.82) is 0 Å². The molecule has 7 nitrogen and oxygen atoms in total. The Labute approximate surface area is 242 Å². The summed E-state index contributed by atoms with van der Waals surface area (Å²) in [5.74, 6) is -0.317. The lowest BCUT2D eigenvalue weighted by Gasteiger charge is -2.22. The van der Waals surface area contributed by atoms with Crippen LogP contribution in [0, 0.1) is 0 Å². The van der Waals surface area contributed by atoms with Crippen molar-refractivity contribution in [2.75, 3.05) is 6.61 Å². The molecule has 41 heavy (non-hydrogen) atoms. The Balaban J connectivity index is 1.43. The number of unbranched alkanes of at least 4 members (excludes halogenated alkanes) is 5. The average molecular weight is 554 g/mol. The summed E-state index contributed by atoms with van der Waals surface area (Å²) in [6.45, 7) is 4.57. The Morgan fingerprint density at radius 1 is 0.756 bits per heavy atom. The van der Waals surface area contributed by atoms with Crippen LogP contribution in [0.2, 0.25) is 0 Å². The second-order valence-electron chi connectivity index (χ2n) is 10.2. The fourth-order valence-corrected chi connectivity index (χ4v) is 4.73. The number of carbonyl (C=O) groups excluding carboxylic acids is 2. The fraction of sp³-hybridized carbons (Fsp3) is 0.353. The standard InChI is InChI=1S/C34H39N3O4/c1-3-5-6-7-8-12-18-31-35-32(41-36-31)29-21-19-26(20-22-29)24-37(33(38)34(39)40-4-2)25-27-14-13-17-30(23-27)28-15-10-9-11-16-28/h9-11,13-17,19-23H,3-8,12,18,24-25H2,1-2H3. The van der Waals surface area contributed by atoms with Crippen LogP contribution in [-0.4, -0.2) is 33.5 Å². The number of rotatable bonds is 14. The molecule has 3 aromatic carbocycles. The highest BCUT2D eigenvalue weighted by molar-refractivity contribution is 6.32. The topological polar surface area (TPSA) is 85.5 Å². The largest absolute Gasteiger partial charge is 0.459 e. The van der Waals surface area contributed by atoms with Gasteiger partial charge in [0, 0.05) is 25.1 Å². The zero-order valence-electron chi connectivity index (χ0n) is 24.1. The number of hydrogen-bond acceptors (Lipinski definition) is 6. The third-order valence-electron chi connectivity index (χ3n) is 6.94. The molecule has 0 aliphatic carbocycles. The fourth-order valence-electron chi connectivity index (χ4n) is 4.73. The third-order valence-corrected chi connectivity index (χ3v) is 6.94. The van der Waals surface area contributed by atoms with Crippen molar-refractivity contribution in [3.63, 3.8) is 0 Å². The highest BCUT2D eigenvalue weighted by Gasteiger charge is 2.24. The summed E-state index contributed by atoms with van der Waals surface area (Å²) >= 11 is 0. The lowest BCUT2D eigenvalue weighted by molar-refractivity contribution is -0.160. The zero-order chi connectivity index (χ0) is 28.9. The molecule has 7 heteroatoms. The number of ether oxygens (including phenoxy) is 1. The van der Waals surface area contributed by atoms with E-state index >= 15 is 0 Å². The number of hydrogen-bond donors (Lipinski definition) is 0. The molecule has 0 aliphatic heterocycles. The van der Waals surface area contributed by atoms with Crippen molar-refractivity contribution in [3.05, 3.63) is 95.8 Å². The number of esters is 1. The normalized spacial score (nSPS) is 10.9. The monoisotopic (exact) mass is 553 g/mol. The molecule has 1 amide bonds. The average Bonchev–Trinajstić information content (AvgIpc) is 3.48. The van der Waals surface area contributed by atoms with E-state index < -0.39 is 11.9 Å². The van der Waals surface area contributed by atoms with Gasteiger partial charge in [-0.3, -0.25) is 4.79 Å². The van der Waals surface area contributed by atoms with Gasteiger partial charge in [-0.25, -0.2) is 4.79 Å². The minimum Gasteiger partial charge on any atom is -0.459 e. The molecule has 214 valence electrons. The van der Waals surface area contributed by atoms with Gasteiger partial charge in [0.15, 0.2) is 5.82 Å². The van der Waals surface area contributed by atoms with Crippen LogP contribution in [0.4, 0.5) is 0 Å². The van der Waals surface area contributed by atoms with Crippen LogP contribution in [0.15, 0.2) is 83.4 Å². The van der Waals surface area contributed by atoms with E-state index in [1.807, 2.05) is 78.9 Å². The van der Waals surface area contributed by atoms with E-state index in [-0.39, 0.29) is 19.7 Å². The predicted octanol–water partition coefficient (Wildman–Crippen LogP) is 7.40. The van der Waals surface area contributed by atoms with Crippen molar-refractivity contribution in [1.82, 2.24) is 15.0 Å². The molecule has 0 aliphatic rings. The molecule has 0 fully saturated rings. The summed E-state index contributed by atoms with van der Waals surface area (Å²) in [5, 5.41) is 4.14. The van der Waals surface area contributed by atoms with Crippen LogP contribution in [0.3, 0.4) is 0 Å². The van der Waals surface area contributed by atoms with E-state index in [1.54, 1.807) is 6.92 Å². The second kappa shape index (κ2) is 15.5. The van der Waals surface area contributed by atoms with Crippen LogP contribution >= 0.6 is 0 Å². The van der Waals surface area contributed by atoms with Crippen LogP contribution in [-0.2, 0) is 33.8 Å². The molecule has 4 rings (SSSR count). The third kappa shape index (κ3) is 8.87. The van der Waals surface area contributed by atoms with Crippen molar-refractivity contribution >= 4 is 11.9 Å². The molecular weight excluding hydrogens is 514 g/mol. The van der Waals surface area contributed by atoms with Gasteiger partial charge in [0.25, 0.3) is 5.89 Å². The first-order valence-corrected chi connectivity index (χ1v) is 14.6. The van der Waals surface area contributed by atoms with Gasteiger partial charge in [-0.2, -0.15) is 4.98 Å². The van der Waals surface area contributed by atoms with Crippen molar-refractivity contribution < 1.29 is 18.8 Å².